The summed E-state index contributed by atoms with van der Waals surface area (Å²) in [7, 11) is 0. The maximum Gasteiger partial charge on any atom is 0.257 e. The lowest BCUT2D eigenvalue weighted by atomic mass is 10.0. The van der Waals surface area contributed by atoms with Crippen molar-refractivity contribution in [1.82, 2.24) is 9.80 Å². The van der Waals surface area contributed by atoms with Crippen molar-refractivity contribution in [3.05, 3.63) is 29.8 Å². The molecule has 7 heteroatoms. The molecular weight excluding hydrogens is 382 g/mol. The van der Waals surface area contributed by atoms with Crippen LogP contribution in [0.15, 0.2) is 24.3 Å². The predicted molar refractivity (Wildman–Crippen MR) is 115 cm³/mol. The van der Waals surface area contributed by atoms with Gasteiger partial charge in [0.1, 0.15) is 6.04 Å². The molecule has 164 valence electrons. The summed E-state index contributed by atoms with van der Waals surface area (Å²) >= 11 is 0. The van der Waals surface area contributed by atoms with Crippen LogP contribution >= 0.6 is 0 Å². The Balaban J connectivity index is 1.75. The Kier molecular flexibility index (Phi) is 7.61. The summed E-state index contributed by atoms with van der Waals surface area (Å²) in [6.45, 7) is 10.3. The predicted octanol–water partition coefficient (Wildman–Crippen LogP) is 2.40. The number of morpholine rings is 1. The van der Waals surface area contributed by atoms with Crippen LogP contribution in [0.5, 0.6) is 0 Å². The van der Waals surface area contributed by atoms with Gasteiger partial charge in [0.15, 0.2) is 0 Å². The lowest BCUT2D eigenvalue weighted by Crippen LogP contribution is -2.49. The van der Waals surface area contributed by atoms with Gasteiger partial charge in [0.25, 0.3) is 5.91 Å². The van der Waals surface area contributed by atoms with Crippen LogP contribution in [0.1, 0.15) is 51.5 Å². The third kappa shape index (κ3) is 5.08. The molecule has 2 saturated heterocycles. The van der Waals surface area contributed by atoms with E-state index in [1.807, 2.05) is 31.2 Å². The van der Waals surface area contributed by atoms with Gasteiger partial charge in [-0.1, -0.05) is 32.9 Å². The third-order valence-corrected chi connectivity index (χ3v) is 5.86. The molecule has 0 spiro atoms. The van der Waals surface area contributed by atoms with Crippen LogP contribution in [-0.2, 0) is 19.1 Å². The number of nitrogens with zero attached hydrogens (tertiary/aromatic N) is 3. The molecule has 0 aliphatic carbocycles. The Morgan fingerprint density at radius 1 is 1.17 bits per heavy atom. The van der Waals surface area contributed by atoms with Gasteiger partial charge in [0.05, 0.1) is 25.3 Å². The smallest absolute Gasteiger partial charge is 0.257 e. The Hall–Kier alpha value is -2.25. The first-order valence-electron chi connectivity index (χ1n) is 11.0. The maximum atomic E-state index is 13.2. The number of hydrogen-bond acceptors (Lipinski definition) is 5. The van der Waals surface area contributed by atoms with Gasteiger partial charge >= 0.3 is 0 Å². The zero-order valence-corrected chi connectivity index (χ0v) is 18.3. The summed E-state index contributed by atoms with van der Waals surface area (Å²) in [4.78, 5) is 43.9. The number of anilines is 1. The topological polar surface area (TPSA) is 70.2 Å². The molecule has 3 rings (SSSR count). The summed E-state index contributed by atoms with van der Waals surface area (Å²) in [5.74, 6) is -0.236. The summed E-state index contributed by atoms with van der Waals surface area (Å²) in [6.07, 6.45) is 1.13. The highest BCUT2D eigenvalue weighted by Gasteiger charge is 2.44. The third-order valence-electron chi connectivity index (χ3n) is 5.86. The zero-order valence-electron chi connectivity index (χ0n) is 18.3. The van der Waals surface area contributed by atoms with Gasteiger partial charge in [-0.05, 0) is 30.0 Å². The molecule has 0 radical (unpaired) electrons. The highest BCUT2D eigenvalue weighted by atomic mass is 16.5. The van der Waals surface area contributed by atoms with Gasteiger partial charge in [0, 0.05) is 32.6 Å². The van der Waals surface area contributed by atoms with E-state index in [2.05, 4.69) is 18.7 Å². The molecular formula is C23H33N3O4. The number of imide groups is 1. The largest absolute Gasteiger partial charge is 0.379 e. The lowest BCUT2D eigenvalue weighted by Gasteiger charge is -2.32. The van der Waals surface area contributed by atoms with Crippen molar-refractivity contribution in [2.45, 2.75) is 52.0 Å². The van der Waals surface area contributed by atoms with E-state index in [4.69, 9.17) is 4.74 Å². The zero-order chi connectivity index (χ0) is 21.7. The summed E-state index contributed by atoms with van der Waals surface area (Å²) in [6, 6.07) is 6.82. The van der Waals surface area contributed by atoms with Crippen LogP contribution in [0.2, 0.25) is 0 Å². The van der Waals surface area contributed by atoms with E-state index >= 15 is 0 Å². The van der Waals surface area contributed by atoms with Crippen molar-refractivity contribution in [3.8, 4) is 0 Å². The normalized spacial score (nSPS) is 20.3. The van der Waals surface area contributed by atoms with Crippen molar-refractivity contribution in [3.63, 3.8) is 0 Å². The van der Waals surface area contributed by atoms with Crippen LogP contribution in [0.25, 0.3) is 0 Å². The molecule has 1 atom stereocenters. The number of ether oxygens (including phenoxy) is 1. The molecule has 2 aliphatic rings. The summed E-state index contributed by atoms with van der Waals surface area (Å²) in [5, 5.41) is 0. The van der Waals surface area contributed by atoms with Crippen LogP contribution in [0.3, 0.4) is 0 Å². The van der Waals surface area contributed by atoms with Crippen LogP contribution in [0, 0.1) is 0 Å². The standard InChI is InChI=1S/C23H33N3O4/c1-4-5-21(27)25(11-10-24-12-14-30-15-13-24)20-16-22(28)26(23(20)29)19-8-6-18(7-9-19)17(2)3/h6-9,17,20H,4-5,10-16H2,1-3H3. The Morgan fingerprint density at radius 3 is 2.43 bits per heavy atom. The minimum atomic E-state index is -0.720. The van der Waals surface area contributed by atoms with Crippen molar-refractivity contribution in [1.29, 1.82) is 0 Å². The Morgan fingerprint density at radius 2 is 1.83 bits per heavy atom. The van der Waals surface area contributed by atoms with Crippen LogP contribution in [0.4, 0.5) is 5.69 Å². The highest BCUT2D eigenvalue weighted by molar-refractivity contribution is 6.23. The van der Waals surface area contributed by atoms with Gasteiger partial charge < -0.3 is 9.64 Å². The summed E-state index contributed by atoms with van der Waals surface area (Å²) < 4.78 is 5.38. The van der Waals surface area contributed by atoms with Crippen LogP contribution in [-0.4, -0.2) is 73.0 Å². The van der Waals surface area contributed by atoms with E-state index in [0.717, 1.165) is 18.7 Å². The fraction of sp³-hybridized carbons (Fsp3) is 0.609. The van der Waals surface area contributed by atoms with Crippen molar-refractivity contribution in [2.75, 3.05) is 44.3 Å². The number of benzene rings is 1. The Bertz CT molecular complexity index is 756. The number of hydrogen-bond donors (Lipinski definition) is 0. The molecule has 1 unspecified atom stereocenters. The van der Waals surface area contributed by atoms with Crippen molar-refractivity contribution in [2.24, 2.45) is 0 Å². The molecule has 0 bridgehead atoms. The van der Waals surface area contributed by atoms with E-state index in [-0.39, 0.29) is 24.1 Å². The molecule has 0 N–H and O–H groups in total. The second-order valence-corrected chi connectivity index (χ2v) is 8.32. The minimum Gasteiger partial charge on any atom is -0.379 e. The van der Waals surface area contributed by atoms with Gasteiger partial charge in [-0.25, -0.2) is 4.90 Å². The number of carbonyl (C=O) groups is 3. The second kappa shape index (κ2) is 10.2. The fourth-order valence-electron chi connectivity index (χ4n) is 4.02. The molecule has 2 heterocycles. The average Bonchev–Trinajstić information content (AvgIpc) is 3.03. The van der Waals surface area contributed by atoms with Crippen molar-refractivity contribution < 1.29 is 19.1 Å². The highest BCUT2D eigenvalue weighted by Crippen LogP contribution is 2.28. The Labute approximate surface area is 179 Å². The fourth-order valence-corrected chi connectivity index (χ4v) is 4.02. The van der Waals surface area contributed by atoms with E-state index < -0.39 is 6.04 Å². The maximum absolute atomic E-state index is 13.2. The van der Waals surface area contributed by atoms with Gasteiger partial charge in [-0.3, -0.25) is 19.3 Å². The molecule has 30 heavy (non-hydrogen) atoms. The molecule has 2 aliphatic heterocycles. The molecule has 0 saturated carbocycles. The van der Waals surface area contributed by atoms with E-state index in [1.54, 1.807) is 4.90 Å². The summed E-state index contributed by atoms with van der Waals surface area (Å²) in [5.41, 5.74) is 1.73. The molecule has 1 aromatic carbocycles. The van der Waals surface area contributed by atoms with E-state index in [0.29, 0.717) is 50.8 Å². The molecule has 7 nitrogen and oxygen atoms in total. The quantitative estimate of drug-likeness (QED) is 0.610. The molecule has 1 aromatic rings. The van der Waals surface area contributed by atoms with E-state index in [1.165, 1.54) is 4.90 Å². The number of carbonyl (C=O) groups excluding carboxylic acids is 3. The number of rotatable bonds is 8. The SMILES string of the molecule is CCCC(=O)N(CCN1CCOCC1)C1CC(=O)N(c2ccc(C(C)C)cc2)C1=O. The van der Waals surface area contributed by atoms with E-state index in [9.17, 15) is 14.4 Å². The first-order chi connectivity index (χ1) is 14.4. The molecule has 0 aromatic heterocycles. The lowest BCUT2D eigenvalue weighted by molar-refractivity contribution is -0.138. The number of amides is 3. The first kappa shape index (κ1) is 22.4. The van der Waals surface area contributed by atoms with Gasteiger partial charge in [-0.2, -0.15) is 0 Å². The average molecular weight is 416 g/mol. The van der Waals surface area contributed by atoms with Gasteiger partial charge in [-0.15, -0.1) is 0 Å². The molecule has 3 amide bonds. The second-order valence-electron chi connectivity index (χ2n) is 8.32. The first-order valence-corrected chi connectivity index (χ1v) is 11.0. The van der Waals surface area contributed by atoms with Gasteiger partial charge in [0.2, 0.25) is 11.8 Å². The van der Waals surface area contributed by atoms with Crippen molar-refractivity contribution >= 4 is 23.4 Å². The monoisotopic (exact) mass is 415 g/mol. The van der Waals surface area contributed by atoms with Crippen LogP contribution < -0.4 is 4.90 Å². The minimum absolute atomic E-state index is 0.0450. The molecule has 2 fully saturated rings.